The number of aromatic hydroxyl groups is 1. The lowest BCUT2D eigenvalue weighted by Crippen LogP contribution is -1.91. The third-order valence-electron chi connectivity index (χ3n) is 3.68. The Kier molecular flexibility index (Phi) is 5.54. The number of hydrogen-bond acceptors (Lipinski definition) is 5. The Morgan fingerprint density at radius 2 is 1.81 bits per heavy atom. The van der Waals surface area contributed by atoms with Crippen LogP contribution in [-0.4, -0.2) is 15.2 Å². The van der Waals surface area contributed by atoms with Gasteiger partial charge in [0.05, 0.1) is 0 Å². The number of thioether (sulfide) groups is 1. The molecule has 0 fully saturated rings. The zero-order valence-electron chi connectivity index (χ0n) is 14.2. The fraction of sp³-hybridized carbons (Fsp3) is 0.100. The van der Waals surface area contributed by atoms with Crippen molar-refractivity contribution >= 4 is 40.4 Å². The van der Waals surface area contributed by atoms with E-state index in [2.05, 4.69) is 4.98 Å². The molecule has 6 heteroatoms. The number of nitrogens with zero attached hydrogens (tertiary/aromatic N) is 1. The summed E-state index contributed by atoms with van der Waals surface area (Å²) in [5.41, 5.74) is 2.61. The predicted octanol–water partition coefficient (Wildman–Crippen LogP) is 5.71. The number of benzene rings is 2. The van der Waals surface area contributed by atoms with Gasteiger partial charge in [-0.25, -0.2) is 9.37 Å². The van der Waals surface area contributed by atoms with E-state index in [1.165, 1.54) is 23.5 Å². The van der Waals surface area contributed by atoms with Gasteiger partial charge < -0.3 is 5.11 Å². The Morgan fingerprint density at radius 3 is 2.46 bits per heavy atom. The Morgan fingerprint density at radius 1 is 1.15 bits per heavy atom. The highest BCUT2D eigenvalue weighted by Crippen LogP contribution is 2.27. The first kappa shape index (κ1) is 18.4. The maximum atomic E-state index is 12.9. The maximum absolute atomic E-state index is 12.9. The van der Waals surface area contributed by atoms with Crippen LogP contribution in [0.1, 0.15) is 31.4 Å². The standard InChI is InChI=1S/C20H16FNO2S2/c1-12-9-14(10-13(2)18(12)23)3-6-17-11-22-19(25-17)20(24)26-16-7-4-15(21)5-8-16/h3-11,23H,1-2H3. The second-order valence-corrected chi connectivity index (χ2v) is 7.86. The molecule has 3 aromatic rings. The third-order valence-corrected chi connectivity index (χ3v) is 5.65. The zero-order valence-corrected chi connectivity index (χ0v) is 15.8. The summed E-state index contributed by atoms with van der Waals surface area (Å²) in [6.07, 6.45) is 5.47. The lowest BCUT2D eigenvalue weighted by molar-refractivity contribution is 0.108. The van der Waals surface area contributed by atoms with Gasteiger partial charge in [0.1, 0.15) is 11.6 Å². The smallest absolute Gasteiger partial charge is 0.252 e. The van der Waals surface area contributed by atoms with Crippen molar-refractivity contribution in [3.63, 3.8) is 0 Å². The summed E-state index contributed by atoms with van der Waals surface area (Å²) in [5, 5.41) is 10.1. The van der Waals surface area contributed by atoms with Crippen LogP contribution in [0, 0.1) is 19.7 Å². The van der Waals surface area contributed by atoms with Gasteiger partial charge in [-0.3, -0.25) is 4.79 Å². The Labute approximate surface area is 159 Å². The van der Waals surface area contributed by atoms with Crippen molar-refractivity contribution in [3.8, 4) is 5.75 Å². The van der Waals surface area contributed by atoms with Gasteiger partial charge in [0.15, 0.2) is 5.01 Å². The predicted molar refractivity (Wildman–Crippen MR) is 105 cm³/mol. The molecule has 1 heterocycles. The van der Waals surface area contributed by atoms with Gasteiger partial charge in [-0.2, -0.15) is 0 Å². The fourth-order valence-electron chi connectivity index (χ4n) is 2.38. The second kappa shape index (κ2) is 7.85. The first-order chi connectivity index (χ1) is 12.4. The molecule has 0 unspecified atom stereocenters. The van der Waals surface area contributed by atoms with Gasteiger partial charge in [0.25, 0.3) is 5.12 Å². The number of rotatable bonds is 4. The molecule has 3 nitrogen and oxygen atoms in total. The van der Waals surface area contributed by atoms with Gasteiger partial charge in [0, 0.05) is 16.0 Å². The summed E-state index contributed by atoms with van der Waals surface area (Å²) >= 11 is 2.33. The molecule has 1 N–H and O–H groups in total. The number of thiazole rings is 1. The molecule has 132 valence electrons. The Hall–Kier alpha value is -2.44. The van der Waals surface area contributed by atoms with Crippen molar-refractivity contribution in [3.05, 3.63) is 75.0 Å². The normalized spacial score (nSPS) is 11.2. The molecular weight excluding hydrogens is 369 g/mol. The summed E-state index contributed by atoms with van der Waals surface area (Å²) in [6, 6.07) is 9.59. The monoisotopic (exact) mass is 385 g/mol. The van der Waals surface area contributed by atoms with Crippen molar-refractivity contribution in [1.82, 2.24) is 4.98 Å². The number of hydrogen-bond donors (Lipinski definition) is 1. The van der Waals surface area contributed by atoms with Crippen molar-refractivity contribution < 1.29 is 14.3 Å². The molecule has 0 bridgehead atoms. The van der Waals surface area contributed by atoms with Crippen LogP contribution in [0.3, 0.4) is 0 Å². The van der Waals surface area contributed by atoms with E-state index in [0.29, 0.717) is 15.7 Å². The highest BCUT2D eigenvalue weighted by Gasteiger charge is 2.12. The van der Waals surface area contributed by atoms with Gasteiger partial charge in [0.2, 0.25) is 0 Å². The molecule has 1 aromatic heterocycles. The molecule has 0 saturated heterocycles. The SMILES string of the molecule is Cc1cc(C=Cc2cnc(C(=O)Sc3ccc(F)cc3)s2)cc(C)c1O. The largest absolute Gasteiger partial charge is 0.507 e. The Balaban J connectivity index is 1.71. The molecule has 3 rings (SSSR count). The minimum absolute atomic E-state index is 0.169. The summed E-state index contributed by atoms with van der Waals surface area (Å²) in [5.74, 6) is -0.0196. The van der Waals surface area contributed by atoms with E-state index in [-0.39, 0.29) is 10.9 Å². The first-order valence-corrected chi connectivity index (χ1v) is 9.47. The van der Waals surface area contributed by atoms with E-state index >= 15 is 0 Å². The number of carbonyl (C=O) groups is 1. The molecular formula is C20H16FNO2S2. The van der Waals surface area contributed by atoms with E-state index in [1.54, 1.807) is 18.3 Å². The van der Waals surface area contributed by atoms with Crippen LogP contribution in [0.5, 0.6) is 5.75 Å². The van der Waals surface area contributed by atoms with Crippen LogP contribution in [0.15, 0.2) is 47.5 Å². The van der Waals surface area contributed by atoms with Crippen molar-refractivity contribution in [2.45, 2.75) is 18.7 Å². The zero-order chi connectivity index (χ0) is 18.7. The quantitative estimate of drug-likeness (QED) is 0.585. The summed E-state index contributed by atoms with van der Waals surface area (Å²) in [4.78, 5) is 18.0. The van der Waals surface area contributed by atoms with E-state index < -0.39 is 0 Å². The molecule has 2 aromatic carbocycles. The molecule has 0 aliphatic heterocycles. The van der Waals surface area contributed by atoms with Gasteiger partial charge in [-0.1, -0.05) is 6.08 Å². The number of phenolic OH excluding ortho intramolecular Hbond substituents is 1. The maximum Gasteiger partial charge on any atom is 0.252 e. The van der Waals surface area contributed by atoms with Crippen LogP contribution in [0.4, 0.5) is 4.39 Å². The average molecular weight is 385 g/mol. The number of carbonyl (C=O) groups excluding carboxylic acids is 1. The molecule has 0 spiro atoms. The molecule has 0 amide bonds. The number of aromatic nitrogens is 1. The van der Waals surface area contributed by atoms with Gasteiger partial charge >= 0.3 is 0 Å². The van der Waals surface area contributed by atoms with E-state index in [0.717, 1.165) is 33.3 Å². The molecule has 0 radical (unpaired) electrons. The van der Waals surface area contributed by atoms with E-state index in [4.69, 9.17) is 0 Å². The molecule has 0 atom stereocenters. The van der Waals surface area contributed by atoms with Crippen molar-refractivity contribution in [2.24, 2.45) is 0 Å². The molecule has 26 heavy (non-hydrogen) atoms. The van der Waals surface area contributed by atoms with Crippen LogP contribution in [-0.2, 0) is 0 Å². The lowest BCUT2D eigenvalue weighted by atomic mass is 10.1. The third kappa shape index (κ3) is 4.39. The summed E-state index contributed by atoms with van der Waals surface area (Å²) < 4.78 is 12.9. The number of phenols is 1. The van der Waals surface area contributed by atoms with Crippen molar-refractivity contribution in [2.75, 3.05) is 0 Å². The second-order valence-electron chi connectivity index (χ2n) is 5.75. The molecule has 0 aliphatic rings. The minimum atomic E-state index is -0.330. The summed E-state index contributed by atoms with van der Waals surface area (Å²) in [7, 11) is 0. The highest BCUT2D eigenvalue weighted by molar-refractivity contribution is 8.14. The minimum Gasteiger partial charge on any atom is -0.507 e. The Bertz CT molecular complexity index is 955. The van der Waals surface area contributed by atoms with Crippen molar-refractivity contribution in [1.29, 1.82) is 0 Å². The lowest BCUT2D eigenvalue weighted by Gasteiger charge is -2.04. The molecule has 0 saturated carbocycles. The van der Waals surface area contributed by atoms with Crippen LogP contribution in [0.25, 0.3) is 12.2 Å². The van der Waals surface area contributed by atoms with Crippen LogP contribution >= 0.6 is 23.1 Å². The first-order valence-electron chi connectivity index (χ1n) is 7.84. The van der Waals surface area contributed by atoms with E-state index in [1.807, 2.05) is 38.1 Å². The van der Waals surface area contributed by atoms with Gasteiger partial charge in [-0.15, -0.1) is 11.3 Å². The average Bonchev–Trinajstić information content (AvgIpc) is 3.09. The highest BCUT2D eigenvalue weighted by atomic mass is 32.2. The fourth-order valence-corrected chi connectivity index (χ4v) is 3.91. The van der Waals surface area contributed by atoms with Crippen LogP contribution < -0.4 is 0 Å². The number of halogens is 1. The summed E-state index contributed by atoms with van der Waals surface area (Å²) in [6.45, 7) is 3.71. The van der Waals surface area contributed by atoms with E-state index in [9.17, 15) is 14.3 Å². The number of aryl methyl sites for hydroxylation is 2. The molecule has 0 aliphatic carbocycles. The van der Waals surface area contributed by atoms with Crippen LogP contribution in [0.2, 0.25) is 0 Å². The van der Waals surface area contributed by atoms with Gasteiger partial charge in [-0.05, 0) is 84.8 Å². The topological polar surface area (TPSA) is 50.2 Å².